The Hall–Kier alpha value is -0.521. The van der Waals surface area contributed by atoms with E-state index in [2.05, 4.69) is 72.4 Å². The maximum atomic E-state index is 4.06. The van der Waals surface area contributed by atoms with Crippen molar-refractivity contribution in [3.05, 3.63) is 47.6 Å². The standard InChI is InChI=1S/C20H34Se/c1-8-20(7,15-10-12-18(4)5)21-16-14-19(6)13-9-11-17(2)3/h8,11-12,14H,1,9-10,13,15-16H2,2-7H3/b19-14+. The van der Waals surface area contributed by atoms with Gasteiger partial charge in [0.15, 0.2) is 0 Å². The molecule has 0 saturated carbocycles. The van der Waals surface area contributed by atoms with Crippen LogP contribution in [0.1, 0.15) is 67.2 Å². The first-order valence-corrected chi connectivity index (χ1v) is 10.1. The predicted octanol–water partition coefficient (Wildman–Crippen LogP) is 6.91. The predicted molar refractivity (Wildman–Crippen MR) is 100 cm³/mol. The summed E-state index contributed by atoms with van der Waals surface area (Å²) in [5.41, 5.74) is 4.37. The molecular weight excluding hydrogens is 319 g/mol. The minimum absolute atomic E-state index is 0.329. The summed E-state index contributed by atoms with van der Waals surface area (Å²) in [7, 11) is 0. The van der Waals surface area contributed by atoms with Crippen molar-refractivity contribution in [2.45, 2.75) is 76.9 Å². The summed E-state index contributed by atoms with van der Waals surface area (Å²) in [6.07, 6.45) is 14.1. The third kappa shape index (κ3) is 11.8. The minimum atomic E-state index is 0.329. The zero-order valence-corrected chi connectivity index (χ0v) is 16.7. The third-order valence-corrected chi connectivity index (χ3v) is 6.42. The molecule has 0 aliphatic rings. The number of allylic oxidation sites excluding steroid dienone is 7. The summed E-state index contributed by atoms with van der Waals surface area (Å²) in [5.74, 6) is 0. The molecule has 0 amide bonds. The molecule has 120 valence electrons. The Bertz CT molecular complexity index is 390. The molecule has 0 spiro atoms. The molecule has 0 fully saturated rings. The van der Waals surface area contributed by atoms with Gasteiger partial charge in [-0.15, -0.1) is 0 Å². The first-order chi connectivity index (χ1) is 9.79. The SMILES string of the molecule is C=CC(C)(CCC=C(C)C)[Se]C/C=C(\C)CCC=C(C)C. The van der Waals surface area contributed by atoms with Crippen LogP contribution in [-0.4, -0.2) is 15.0 Å². The van der Waals surface area contributed by atoms with Crippen LogP contribution in [0.2, 0.25) is 9.63 Å². The fraction of sp³-hybridized carbons (Fsp3) is 0.600. The molecule has 1 unspecified atom stereocenters. The van der Waals surface area contributed by atoms with Gasteiger partial charge in [0.05, 0.1) is 0 Å². The van der Waals surface area contributed by atoms with E-state index in [0.29, 0.717) is 19.3 Å². The second-order valence-electron chi connectivity index (χ2n) is 6.52. The van der Waals surface area contributed by atoms with Crippen molar-refractivity contribution in [1.29, 1.82) is 0 Å². The zero-order chi connectivity index (χ0) is 16.3. The van der Waals surface area contributed by atoms with E-state index in [-0.39, 0.29) is 0 Å². The van der Waals surface area contributed by atoms with Crippen LogP contribution in [-0.2, 0) is 0 Å². The van der Waals surface area contributed by atoms with Gasteiger partial charge in [-0.05, 0) is 0 Å². The molecule has 0 aliphatic heterocycles. The topological polar surface area (TPSA) is 0 Å². The molecule has 0 heterocycles. The Balaban J connectivity index is 4.22. The van der Waals surface area contributed by atoms with Crippen LogP contribution >= 0.6 is 0 Å². The van der Waals surface area contributed by atoms with E-state index in [9.17, 15) is 0 Å². The van der Waals surface area contributed by atoms with Gasteiger partial charge in [0, 0.05) is 0 Å². The van der Waals surface area contributed by atoms with Crippen molar-refractivity contribution in [2.75, 3.05) is 0 Å². The normalized spacial score (nSPS) is 14.3. The second kappa shape index (κ2) is 11.1. The van der Waals surface area contributed by atoms with Gasteiger partial charge in [0.25, 0.3) is 0 Å². The third-order valence-electron chi connectivity index (χ3n) is 3.56. The molecule has 1 heteroatoms. The zero-order valence-electron chi connectivity index (χ0n) is 15.0. The van der Waals surface area contributed by atoms with Gasteiger partial charge in [0.2, 0.25) is 0 Å². The van der Waals surface area contributed by atoms with Crippen LogP contribution in [0.15, 0.2) is 47.6 Å². The fourth-order valence-corrected chi connectivity index (χ4v) is 4.31. The molecule has 0 aromatic rings. The summed E-state index contributed by atoms with van der Waals surface area (Å²) in [6.45, 7) is 17.4. The molecule has 0 saturated heterocycles. The first-order valence-electron chi connectivity index (χ1n) is 7.99. The van der Waals surface area contributed by atoms with Crippen LogP contribution in [0.5, 0.6) is 0 Å². The van der Waals surface area contributed by atoms with Crippen LogP contribution in [0.25, 0.3) is 0 Å². The molecule has 0 aromatic carbocycles. The van der Waals surface area contributed by atoms with E-state index < -0.39 is 0 Å². The molecule has 0 aromatic heterocycles. The monoisotopic (exact) mass is 354 g/mol. The van der Waals surface area contributed by atoms with E-state index in [1.165, 1.54) is 47.7 Å². The van der Waals surface area contributed by atoms with E-state index in [1.54, 1.807) is 0 Å². The Kier molecular flexibility index (Phi) is 10.8. The molecule has 21 heavy (non-hydrogen) atoms. The fourth-order valence-electron chi connectivity index (χ4n) is 1.95. The van der Waals surface area contributed by atoms with Crippen LogP contribution < -0.4 is 0 Å². The maximum absolute atomic E-state index is 4.06. The summed E-state index contributed by atoms with van der Waals surface area (Å²) in [6, 6.07) is 0. The van der Waals surface area contributed by atoms with E-state index in [1.807, 2.05) is 0 Å². The number of hydrogen-bond donors (Lipinski definition) is 0. The molecule has 1 atom stereocenters. The van der Waals surface area contributed by atoms with Crippen molar-refractivity contribution >= 4 is 15.0 Å². The van der Waals surface area contributed by atoms with Gasteiger partial charge in [-0.2, -0.15) is 0 Å². The molecule has 0 nitrogen and oxygen atoms in total. The summed E-state index contributed by atoms with van der Waals surface area (Å²) < 4.78 is 0.329. The quantitative estimate of drug-likeness (QED) is 0.295. The van der Waals surface area contributed by atoms with Crippen molar-refractivity contribution in [3.63, 3.8) is 0 Å². The summed E-state index contributed by atoms with van der Waals surface area (Å²) in [4.78, 5) is 0. The first kappa shape index (κ1) is 20.5. The molecule has 0 aliphatic carbocycles. The summed E-state index contributed by atoms with van der Waals surface area (Å²) in [5, 5.41) is 1.23. The Labute approximate surface area is 139 Å². The Morgan fingerprint density at radius 1 is 0.952 bits per heavy atom. The van der Waals surface area contributed by atoms with Gasteiger partial charge in [-0.1, -0.05) is 0 Å². The van der Waals surface area contributed by atoms with Gasteiger partial charge >= 0.3 is 139 Å². The van der Waals surface area contributed by atoms with Crippen molar-refractivity contribution in [3.8, 4) is 0 Å². The van der Waals surface area contributed by atoms with E-state index >= 15 is 0 Å². The van der Waals surface area contributed by atoms with Crippen molar-refractivity contribution in [2.24, 2.45) is 0 Å². The second-order valence-corrected chi connectivity index (χ2v) is 9.78. The molecule has 0 N–H and O–H groups in total. The number of rotatable bonds is 10. The van der Waals surface area contributed by atoms with Crippen LogP contribution in [0.4, 0.5) is 0 Å². The van der Waals surface area contributed by atoms with E-state index in [4.69, 9.17) is 0 Å². The Morgan fingerprint density at radius 3 is 2.05 bits per heavy atom. The molecule has 0 rings (SSSR count). The van der Waals surface area contributed by atoms with Crippen molar-refractivity contribution < 1.29 is 0 Å². The van der Waals surface area contributed by atoms with Crippen LogP contribution in [0.3, 0.4) is 0 Å². The van der Waals surface area contributed by atoms with E-state index in [0.717, 1.165) is 0 Å². The van der Waals surface area contributed by atoms with Gasteiger partial charge < -0.3 is 0 Å². The van der Waals surface area contributed by atoms with Gasteiger partial charge in [0.1, 0.15) is 0 Å². The average molecular weight is 353 g/mol. The molecule has 0 radical (unpaired) electrons. The van der Waals surface area contributed by atoms with Crippen LogP contribution in [0, 0.1) is 0 Å². The summed E-state index contributed by atoms with van der Waals surface area (Å²) >= 11 is 0.599. The van der Waals surface area contributed by atoms with Gasteiger partial charge in [-0.3, -0.25) is 0 Å². The average Bonchev–Trinajstić information content (AvgIpc) is 2.37. The number of hydrogen-bond acceptors (Lipinski definition) is 0. The molecule has 0 bridgehead atoms. The van der Waals surface area contributed by atoms with Crippen molar-refractivity contribution in [1.82, 2.24) is 0 Å². The van der Waals surface area contributed by atoms with Gasteiger partial charge in [-0.25, -0.2) is 0 Å². The Morgan fingerprint density at radius 2 is 1.52 bits per heavy atom. The molecular formula is C20H34Se.